The Kier molecular flexibility index (Phi) is 4.44. The zero-order valence-electron chi connectivity index (χ0n) is 17.2. The zero-order valence-corrected chi connectivity index (χ0v) is 17.2. The fourth-order valence-corrected chi connectivity index (χ4v) is 3.51. The highest BCUT2D eigenvalue weighted by Crippen LogP contribution is 2.41. The van der Waals surface area contributed by atoms with E-state index in [1.54, 1.807) is 0 Å². The predicted octanol–water partition coefficient (Wildman–Crippen LogP) is 4.01. The van der Waals surface area contributed by atoms with Crippen LogP contribution in [0.4, 0.5) is 0 Å². The van der Waals surface area contributed by atoms with Crippen molar-refractivity contribution in [3.63, 3.8) is 0 Å². The number of nitrogens with one attached hydrogen (secondary N) is 1. The number of aryl methyl sites for hydroxylation is 2. The van der Waals surface area contributed by atoms with E-state index < -0.39 is 0 Å². The first-order valence-corrected chi connectivity index (χ1v) is 9.85. The number of aromatic nitrogens is 4. The highest BCUT2D eigenvalue weighted by Gasteiger charge is 2.30. The predicted molar refractivity (Wildman–Crippen MR) is 109 cm³/mol. The van der Waals surface area contributed by atoms with Gasteiger partial charge in [-0.3, -0.25) is 9.78 Å². The first-order chi connectivity index (χ1) is 13.2. The van der Waals surface area contributed by atoms with Gasteiger partial charge in [-0.1, -0.05) is 6.07 Å². The van der Waals surface area contributed by atoms with Gasteiger partial charge in [-0.25, -0.2) is 9.67 Å². The Balaban J connectivity index is 1.74. The number of carbonyl (C=O) groups is 1. The van der Waals surface area contributed by atoms with Crippen molar-refractivity contribution in [1.29, 1.82) is 0 Å². The molecule has 0 spiro atoms. The van der Waals surface area contributed by atoms with E-state index in [9.17, 15) is 4.79 Å². The minimum Gasteiger partial charge on any atom is -0.346 e. The zero-order chi connectivity index (χ0) is 20.1. The molecule has 0 saturated heterocycles. The maximum absolute atomic E-state index is 13.1. The van der Waals surface area contributed by atoms with E-state index >= 15 is 0 Å². The van der Waals surface area contributed by atoms with Gasteiger partial charge in [0, 0.05) is 17.3 Å². The van der Waals surface area contributed by atoms with Crippen LogP contribution in [-0.4, -0.2) is 25.7 Å². The Morgan fingerprint density at radius 2 is 1.96 bits per heavy atom. The molecule has 4 rings (SSSR count). The fourth-order valence-electron chi connectivity index (χ4n) is 3.51. The molecule has 0 aromatic carbocycles. The number of hydrogen-bond donors (Lipinski definition) is 1. The summed E-state index contributed by atoms with van der Waals surface area (Å²) < 4.78 is 1.95. The first kappa shape index (κ1) is 18.6. The lowest BCUT2D eigenvalue weighted by atomic mass is 10.1. The fraction of sp³-hybridized carbons (Fsp3) is 0.455. The van der Waals surface area contributed by atoms with Gasteiger partial charge in [-0.2, -0.15) is 5.10 Å². The second kappa shape index (κ2) is 6.69. The number of carbonyl (C=O) groups excluding carboxylic acids is 1. The topological polar surface area (TPSA) is 72.7 Å². The molecule has 1 aliphatic rings. The normalized spacial score (nSPS) is 14.5. The lowest BCUT2D eigenvalue weighted by Gasteiger charge is -2.20. The van der Waals surface area contributed by atoms with Crippen LogP contribution in [0, 0.1) is 13.8 Å². The lowest BCUT2D eigenvalue weighted by Crippen LogP contribution is -2.25. The molecule has 0 bridgehead atoms. The summed E-state index contributed by atoms with van der Waals surface area (Å²) in [6.45, 7) is 10.6. The molecule has 6 heteroatoms. The third-order valence-electron chi connectivity index (χ3n) is 5.08. The standard InChI is InChI=1S/C22H27N5O/c1-13-7-6-8-16(24-13)12-23-21(28)17-11-18(15-9-10-15)25-20-19(17)14(2)26-27(20)22(3,4)5/h6-8,11,15H,9-10,12H2,1-5H3,(H,23,28). The Hall–Kier alpha value is -2.76. The molecule has 28 heavy (non-hydrogen) atoms. The Labute approximate surface area is 165 Å². The van der Waals surface area contributed by atoms with Crippen molar-refractivity contribution in [3.05, 3.63) is 52.6 Å². The van der Waals surface area contributed by atoms with Gasteiger partial charge in [-0.05, 0) is 65.7 Å². The van der Waals surface area contributed by atoms with Gasteiger partial charge in [0.05, 0.1) is 34.4 Å². The molecule has 1 aliphatic carbocycles. The molecule has 0 radical (unpaired) electrons. The first-order valence-electron chi connectivity index (χ1n) is 9.85. The van der Waals surface area contributed by atoms with Crippen LogP contribution < -0.4 is 5.32 Å². The summed E-state index contributed by atoms with van der Waals surface area (Å²) in [4.78, 5) is 22.5. The molecular formula is C22H27N5O. The van der Waals surface area contributed by atoms with Crippen LogP contribution in [0.3, 0.4) is 0 Å². The number of hydrogen-bond acceptors (Lipinski definition) is 4. The number of amides is 1. The molecule has 6 nitrogen and oxygen atoms in total. The summed E-state index contributed by atoms with van der Waals surface area (Å²) in [7, 11) is 0. The lowest BCUT2D eigenvalue weighted by molar-refractivity contribution is 0.0952. The molecule has 3 heterocycles. The van der Waals surface area contributed by atoms with Crippen LogP contribution >= 0.6 is 0 Å². The maximum atomic E-state index is 13.1. The molecule has 1 amide bonds. The van der Waals surface area contributed by atoms with E-state index in [0.29, 0.717) is 18.0 Å². The van der Waals surface area contributed by atoms with Gasteiger partial charge in [-0.15, -0.1) is 0 Å². The third-order valence-corrected chi connectivity index (χ3v) is 5.08. The van der Waals surface area contributed by atoms with Gasteiger partial charge in [0.1, 0.15) is 0 Å². The van der Waals surface area contributed by atoms with Gasteiger partial charge in [0.15, 0.2) is 5.65 Å². The van der Waals surface area contributed by atoms with E-state index in [0.717, 1.165) is 46.7 Å². The highest BCUT2D eigenvalue weighted by molar-refractivity contribution is 6.06. The number of pyridine rings is 2. The van der Waals surface area contributed by atoms with Crippen molar-refractivity contribution < 1.29 is 4.79 Å². The summed E-state index contributed by atoms with van der Waals surface area (Å²) in [5, 5.41) is 8.59. The van der Waals surface area contributed by atoms with Crippen molar-refractivity contribution >= 4 is 16.9 Å². The average molecular weight is 377 g/mol. The molecule has 1 fully saturated rings. The van der Waals surface area contributed by atoms with E-state index in [1.807, 2.05) is 42.8 Å². The van der Waals surface area contributed by atoms with Crippen molar-refractivity contribution in [2.45, 2.75) is 65.5 Å². The van der Waals surface area contributed by atoms with Crippen LogP contribution in [-0.2, 0) is 12.1 Å². The Morgan fingerprint density at radius 3 is 2.61 bits per heavy atom. The smallest absolute Gasteiger partial charge is 0.252 e. The number of rotatable bonds is 4. The van der Waals surface area contributed by atoms with Crippen molar-refractivity contribution in [1.82, 2.24) is 25.1 Å². The molecule has 0 aliphatic heterocycles. The summed E-state index contributed by atoms with van der Waals surface area (Å²) in [6.07, 6.45) is 2.27. The molecule has 146 valence electrons. The molecule has 1 saturated carbocycles. The quantitative estimate of drug-likeness (QED) is 0.746. The largest absolute Gasteiger partial charge is 0.346 e. The molecule has 0 atom stereocenters. The molecule has 0 unspecified atom stereocenters. The van der Waals surface area contributed by atoms with Gasteiger partial charge >= 0.3 is 0 Å². The monoisotopic (exact) mass is 377 g/mol. The second-order valence-corrected chi connectivity index (χ2v) is 8.69. The minimum absolute atomic E-state index is 0.103. The second-order valence-electron chi connectivity index (χ2n) is 8.69. The van der Waals surface area contributed by atoms with Crippen molar-refractivity contribution in [3.8, 4) is 0 Å². The Bertz CT molecular complexity index is 1060. The van der Waals surface area contributed by atoms with Crippen molar-refractivity contribution in [2.24, 2.45) is 0 Å². The van der Waals surface area contributed by atoms with Gasteiger partial charge < -0.3 is 5.32 Å². The highest BCUT2D eigenvalue weighted by atomic mass is 16.1. The molecule has 3 aromatic rings. The number of fused-ring (bicyclic) bond motifs is 1. The van der Waals surface area contributed by atoms with E-state index in [2.05, 4.69) is 31.1 Å². The van der Waals surface area contributed by atoms with Crippen LogP contribution in [0.2, 0.25) is 0 Å². The van der Waals surface area contributed by atoms with Crippen LogP contribution in [0.15, 0.2) is 24.3 Å². The van der Waals surface area contributed by atoms with E-state index in [-0.39, 0.29) is 11.4 Å². The van der Waals surface area contributed by atoms with E-state index in [4.69, 9.17) is 10.1 Å². The van der Waals surface area contributed by atoms with Gasteiger partial charge in [0.2, 0.25) is 0 Å². The summed E-state index contributed by atoms with van der Waals surface area (Å²) in [5.74, 6) is 0.354. The summed E-state index contributed by atoms with van der Waals surface area (Å²) in [5.41, 5.74) is 4.87. The van der Waals surface area contributed by atoms with Gasteiger partial charge in [0.25, 0.3) is 5.91 Å². The van der Waals surface area contributed by atoms with Crippen LogP contribution in [0.1, 0.15) is 72.7 Å². The maximum Gasteiger partial charge on any atom is 0.252 e. The number of nitrogens with zero attached hydrogens (tertiary/aromatic N) is 4. The van der Waals surface area contributed by atoms with Crippen LogP contribution in [0.25, 0.3) is 11.0 Å². The third kappa shape index (κ3) is 3.51. The molecule has 1 N–H and O–H groups in total. The summed E-state index contributed by atoms with van der Waals surface area (Å²) >= 11 is 0. The molecular weight excluding hydrogens is 350 g/mol. The van der Waals surface area contributed by atoms with Crippen LogP contribution in [0.5, 0.6) is 0 Å². The summed E-state index contributed by atoms with van der Waals surface area (Å²) in [6, 6.07) is 7.79. The Morgan fingerprint density at radius 1 is 1.21 bits per heavy atom. The average Bonchev–Trinajstić information content (AvgIpc) is 3.42. The van der Waals surface area contributed by atoms with E-state index in [1.165, 1.54) is 0 Å². The van der Waals surface area contributed by atoms with Crippen molar-refractivity contribution in [2.75, 3.05) is 0 Å². The molecule has 3 aromatic heterocycles. The SMILES string of the molecule is Cc1cccc(CNC(=O)c2cc(C3CC3)nc3c2c(C)nn3C(C)(C)C)n1. The minimum atomic E-state index is -0.207.